The lowest BCUT2D eigenvalue weighted by molar-refractivity contribution is -0.156. The fraction of sp³-hybridized carbons (Fsp3) is 0.400. The Morgan fingerprint density at radius 2 is 0.974 bits per heavy atom. The molecule has 0 fully saturated rings. The highest BCUT2D eigenvalue weighted by atomic mass is 16.3. The second kappa shape index (κ2) is 11.1. The van der Waals surface area contributed by atoms with E-state index in [4.69, 9.17) is 0 Å². The lowest BCUT2D eigenvalue weighted by atomic mass is 9.94. The number of allylic oxidation sites excluding steroid dienone is 2. The van der Waals surface area contributed by atoms with Crippen LogP contribution in [0.4, 0.5) is 0 Å². The van der Waals surface area contributed by atoms with E-state index >= 15 is 0 Å². The summed E-state index contributed by atoms with van der Waals surface area (Å²) in [5.74, 6) is -4.80. The molecule has 13 heteroatoms. The lowest BCUT2D eigenvalue weighted by Gasteiger charge is -2.32. The zero-order chi connectivity index (χ0) is 30.1. The van der Waals surface area contributed by atoms with Crippen LogP contribution in [-0.2, 0) is 30.6 Å². The van der Waals surface area contributed by atoms with E-state index in [9.17, 15) is 48.9 Å². The second-order valence-electron chi connectivity index (χ2n) is 9.13. The zero-order valence-electron chi connectivity index (χ0n) is 21.9. The van der Waals surface area contributed by atoms with Crippen molar-refractivity contribution in [1.29, 1.82) is 0 Å². The first-order chi connectivity index (χ1) is 17.2. The molecule has 0 aliphatic rings. The number of aromatic nitrogens is 3. The summed E-state index contributed by atoms with van der Waals surface area (Å²) >= 11 is 0. The Morgan fingerprint density at radius 1 is 0.684 bits per heavy atom. The molecular formula is C25H31N3O10. The van der Waals surface area contributed by atoms with Gasteiger partial charge in [-0.25, -0.2) is 28.1 Å². The van der Waals surface area contributed by atoms with E-state index in [1.54, 1.807) is 0 Å². The molecule has 0 aliphatic carbocycles. The molecule has 0 spiro atoms. The van der Waals surface area contributed by atoms with Gasteiger partial charge in [0.15, 0.2) is 11.6 Å². The lowest BCUT2D eigenvalue weighted by Crippen LogP contribution is -2.67. The summed E-state index contributed by atoms with van der Waals surface area (Å²) in [4.78, 5) is 91.5. The number of aliphatic hydroxyl groups is 3. The molecule has 0 amide bonds. The van der Waals surface area contributed by atoms with Gasteiger partial charge >= 0.3 is 17.1 Å². The molecule has 3 atom stereocenters. The van der Waals surface area contributed by atoms with Gasteiger partial charge < -0.3 is 15.3 Å². The number of hydrogen-bond acceptors (Lipinski definition) is 10. The monoisotopic (exact) mass is 533 g/mol. The molecule has 13 nitrogen and oxygen atoms in total. The third-order valence-electron chi connectivity index (χ3n) is 5.56. The van der Waals surface area contributed by atoms with Crippen molar-refractivity contribution in [2.45, 2.75) is 65.1 Å². The van der Waals surface area contributed by atoms with Crippen LogP contribution in [0.25, 0.3) is 0 Å². The molecule has 0 aliphatic heterocycles. The van der Waals surface area contributed by atoms with Crippen molar-refractivity contribution in [3.05, 3.63) is 80.1 Å². The van der Waals surface area contributed by atoms with Crippen LogP contribution < -0.4 is 17.1 Å². The van der Waals surface area contributed by atoms with Crippen LogP contribution in [0.1, 0.15) is 53.7 Å². The first-order valence-corrected chi connectivity index (χ1v) is 11.1. The fourth-order valence-corrected chi connectivity index (χ4v) is 3.47. The van der Waals surface area contributed by atoms with Gasteiger partial charge in [-0.1, -0.05) is 26.3 Å². The summed E-state index contributed by atoms with van der Waals surface area (Å²) in [5.41, 5.74) is -13.4. The first kappa shape index (κ1) is 32.0. The van der Waals surface area contributed by atoms with Gasteiger partial charge in [0.2, 0.25) is 23.0 Å². The smallest absolute Gasteiger partial charge is 0.341 e. The van der Waals surface area contributed by atoms with Crippen LogP contribution in [0.15, 0.2) is 63.0 Å². The van der Waals surface area contributed by atoms with E-state index in [-0.39, 0.29) is 24.8 Å². The van der Waals surface area contributed by atoms with E-state index in [0.717, 1.165) is 20.8 Å². The number of hydrogen-bond donors (Lipinski definition) is 3. The van der Waals surface area contributed by atoms with Crippen LogP contribution in [0.2, 0.25) is 0 Å². The van der Waals surface area contributed by atoms with Crippen molar-refractivity contribution in [1.82, 2.24) is 13.7 Å². The second-order valence-corrected chi connectivity index (χ2v) is 9.13. The Morgan fingerprint density at radius 3 is 1.18 bits per heavy atom. The number of carbonyl (C=O) groups is 4. The molecule has 0 saturated heterocycles. The maximum atomic E-state index is 13.7. The van der Waals surface area contributed by atoms with Gasteiger partial charge in [0.05, 0.1) is 12.8 Å². The Bertz CT molecular complexity index is 1370. The number of nitrogens with zero attached hydrogens (tertiary/aromatic N) is 3. The molecule has 1 rings (SSSR count). The number of carbonyl (C=O) groups excluding carboxylic acids is 4. The number of aliphatic hydroxyl groups excluding tert-OH is 1. The van der Waals surface area contributed by atoms with E-state index in [1.807, 2.05) is 0 Å². The van der Waals surface area contributed by atoms with Crippen LogP contribution in [-0.4, -0.2) is 52.2 Å². The highest BCUT2D eigenvalue weighted by Crippen LogP contribution is 2.24. The van der Waals surface area contributed by atoms with Crippen molar-refractivity contribution in [3.8, 4) is 0 Å². The minimum Gasteiger partial charge on any atom is -0.373 e. The Hall–Kier alpha value is -4.07. The van der Waals surface area contributed by atoms with Gasteiger partial charge in [-0.3, -0.25) is 19.2 Å². The third-order valence-corrected chi connectivity index (χ3v) is 5.56. The van der Waals surface area contributed by atoms with Crippen molar-refractivity contribution < 1.29 is 34.5 Å². The molecule has 206 valence electrons. The van der Waals surface area contributed by atoms with Gasteiger partial charge in [0.1, 0.15) is 6.23 Å². The van der Waals surface area contributed by atoms with Gasteiger partial charge in [-0.2, -0.15) is 0 Å². The molecule has 1 aromatic rings. The number of ketones is 4. The summed E-state index contributed by atoms with van der Waals surface area (Å²) in [5, 5.41) is 33.0. The maximum absolute atomic E-state index is 13.7. The predicted molar refractivity (Wildman–Crippen MR) is 135 cm³/mol. The minimum absolute atomic E-state index is 0.0643. The fourth-order valence-electron chi connectivity index (χ4n) is 3.47. The van der Waals surface area contributed by atoms with Gasteiger partial charge in [-0.05, 0) is 56.9 Å². The highest BCUT2D eigenvalue weighted by molar-refractivity contribution is 6.05. The first-order valence-electron chi connectivity index (χ1n) is 11.1. The van der Waals surface area contributed by atoms with Crippen LogP contribution in [0.5, 0.6) is 0 Å². The van der Waals surface area contributed by atoms with Gasteiger partial charge in [-0.15, -0.1) is 0 Å². The zero-order valence-corrected chi connectivity index (χ0v) is 21.9. The average molecular weight is 534 g/mol. The van der Waals surface area contributed by atoms with Crippen LogP contribution in [0.3, 0.4) is 0 Å². The van der Waals surface area contributed by atoms with Crippen molar-refractivity contribution in [3.63, 3.8) is 0 Å². The van der Waals surface area contributed by atoms with Crippen molar-refractivity contribution >= 4 is 23.1 Å². The summed E-state index contributed by atoms with van der Waals surface area (Å²) < 4.78 is -0.590. The largest absolute Gasteiger partial charge is 0.373 e. The Labute approximate surface area is 217 Å². The van der Waals surface area contributed by atoms with E-state index in [0.29, 0.717) is 0 Å². The molecule has 0 radical (unpaired) electrons. The number of Topliss-reactive ketones (excluding diaryl/α,β-unsaturated/α-hetero) is 4. The Kier molecular flexibility index (Phi) is 9.36. The van der Waals surface area contributed by atoms with Crippen molar-refractivity contribution in [2.24, 2.45) is 0 Å². The molecule has 0 bridgehead atoms. The summed E-state index contributed by atoms with van der Waals surface area (Å²) in [6.07, 6.45) is -4.56. The predicted octanol–water partition coefficient (Wildman–Crippen LogP) is -0.666. The van der Waals surface area contributed by atoms with Crippen LogP contribution >= 0.6 is 0 Å². The molecule has 0 saturated carbocycles. The quantitative estimate of drug-likeness (QED) is 0.274. The standard InChI is InChI=1S/C25H31N3O10/c1-12(2)17(30)10-24(37,19(32)14(5)6)27-21(34)26(16(9)29)22(35)28(23(27)36)25(38,20(33)15(7)8)11-18(31)13(3)4/h16,29,37-38H,1,3,5,7,10-11H2,2,4,6,8-9H3. The Balaban J connectivity index is 4.56. The molecular weight excluding hydrogens is 502 g/mol. The molecule has 1 heterocycles. The summed E-state index contributed by atoms with van der Waals surface area (Å²) in [7, 11) is 0. The van der Waals surface area contributed by atoms with Gasteiger partial charge in [0, 0.05) is 0 Å². The SMILES string of the molecule is C=C(C)C(=O)CC(O)(C(=O)C(=C)C)n1c(=O)n(C(C)O)c(=O)n(C(O)(CC(=O)C(=C)C)C(=O)C(=C)C)c1=O. The summed E-state index contributed by atoms with van der Waals surface area (Å²) in [6.45, 7) is 19.0. The topological polar surface area (TPSA) is 195 Å². The highest BCUT2D eigenvalue weighted by Gasteiger charge is 2.49. The molecule has 3 unspecified atom stereocenters. The molecule has 1 aromatic heterocycles. The maximum Gasteiger partial charge on any atom is 0.341 e. The van der Waals surface area contributed by atoms with E-state index < -0.39 is 81.9 Å². The molecule has 38 heavy (non-hydrogen) atoms. The molecule has 3 N–H and O–H groups in total. The minimum atomic E-state index is -3.35. The third kappa shape index (κ3) is 5.59. The van der Waals surface area contributed by atoms with Gasteiger partial charge in [0.25, 0.3) is 0 Å². The number of rotatable bonds is 13. The van der Waals surface area contributed by atoms with Crippen LogP contribution in [0, 0.1) is 0 Å². The summed E-state index contributed by atoms with van der Waals surface area (Å²) in [6, 6.07) is 0. The van der Waals surface area contributed by atoms with Crippen molar-refractivity contribution in [2.75, 3.05) is 0 Å². The van der Waals surface area contributed by atoms with E-state index in [2.05, 4.69) is 26.3 Å². The normalized spacial score (nSPS) is 14.9. The average Bonchev–Trinajstić information content (AvgIpc) is 2.76. The van der Waals surface area contributed by atoms with E-state index in [1.165, 1.54) is 13.8 Å². The molecule has 0 aromatic carbocycles.